The lowest BCUT2D eigenvalue weighted by molar-refractivity contribution is 0.0941. The zero-order valence-corrected chi connectivity index (χ0v) is 11.6. The predicted molar refractivity (Wildman–Crippen MR) is 74.9 cm³/mol. The van der Waals surface area contributed by atoms with Crippen LogP contribution in [0.4, 0.5) is 0 Å². The molecule has 0 radical (unpaired) electrons. The number of tetrazole rings is 1. The highest BCUT2D eigenvalue weighted by atomic mass is 16.3. The molecule has 21 heavy (non-hydrogen) atoms. The van der Waals surface area contributed by atoms with E-state index in [0.717, 1.165) is 24.9 Å². The maximum absolute atomic E-state index is 12.1. The molecule has 1 heterocycles. The SMILES string of the molecule is O=C(NCC1(CCO)CC1)c1ccc(-n2cnnn2)cc1. The predicted octanol–water partition coefficient (Wildman–Crippen LogP) is 0.555. The van der Waals surface area contributed by atoms with E-state index in [-0.39, 0.29) is 17.9 Å². The maximum Gasteiger partial charge on any atom is 0.251 e. The van der Waals surface area contributed by atoms with Gasteiger partial charge in [0.1, 0.15) is 6.33 Å². The zero-order valence-electron chi connectivity index (χ0n) is 11.6. The van der Waals surface area contributed by atoms with Crippen LogP contribution < -0.4 is 5.32 Å². The highest BCUT2D eigenvalue weighted by Gasteiger charge is 2.41. The number of amides is 1. The number of hydrogen-bond donors (Lipinski definition) is 2. The highest BCUT2D eigenvalue weighted by Crippen LogP contribution is 2.47. The molecule has 0 aliphatic heterocycles. The first-order chi connectivity index (χ1) is 10.2. The lowest BCUT2D eigenvalue weighted by Gasteiger charge is -2.14. The van der Waals surface area contributed by atoms with Crippen LogP contribution in [0.3, 0.4) is 0 Å². The minimum absolute atomic E-state index is 0.0949. The Hall–Kier alpha value is -2.28. The Labute approximate surface area is 122 Å². The van der Waals surface area contributed by atoms with Crippen molar-refractivity contribution >= 4 is 5.91 Å². The van der Waals surface area contributed by atoms with Crippen molar-refractivity contribution in [2.24, 2.45) is 5.41 Å². The number of hydrogen-bond acceptors (Lipinski definition) is 5. The zero-order chi connectivity index (χ0) is 14.7. The summed E-state index contributed by atoms with van der Waals surface area (Å²) >= 11 is 0. The fourth-order valence-electron chi connectivity index (χ4n) is 2.34. The molecule has 1 amide bonds. The molecular weight excluding hydrogens is 270 g/mol. The van der Waals surface area contributed by atoms with Gasteiger partial charge in [-0.2, -0.15) is 0 Å². The fraction of sp³-hybridized carbons (Fsp3) is 0.429. The monoisotopic (exact) mass is 287 g/mol. The molecule has 2 aromatic rings. The number of aromatic nitrogens is 4. The second-order valence-electron chi connectivity index (χ2n) is 5.46. The van der Waals surface area contributed by atoms with Gasteiger partial charge in [-0.05, 0) is 59.4 Å². The molecule has 7 nitrogen and oxygen atoms in total. The fourth-order valence-corrected chi connectivity index (χ4v) is 2.34. The minimum atomic E-state index is -0.0949. The lowest BCUT2D eigenvalue weighted by atomic mass is 10.0. The molecule has 0 atom stereocenters. The molecule has 7 heteroatoms. The molecule has 0 unspecified atom stereocenters. The number of carbonyl (C=O) groups excluding carboxylic acids is 1. The Morgan fingerprint density at radius 2 is 2.10 bits per heavy atom. The summed E-state index contributed by atoms with van der Waals surface area (Å²) in [7, 11) is 0. The van der Waals surface area contributed by atoms with Gasteiger partial charge in [-0.25, -0.2) is 4.68 Å². The van der Waals surface area contributed by atoms with Crippen LogP contribution in [-0.4, -0.2) is 44.4 Å². The van der Waals surface area contributed by atoms with Crippen LogP contribution in [0.25, 0.3) is 5.69 Å². The molecule has 1 aliphatic rings. The van der Waals surface area contributed by atoms with E-state index in [1.165, 1.54) is 11.0 Å². The Bertz CT molecular complexity index is 605. The highest BCUT2D eigenvalue weighted by molar-refractivity contribution is 5.94. The lowest BCUT2D eigenvalue weighted by Crippen LogP contribution is -2.30. The van der Waals surface area contributed by atoms with Gasteiger partial charge in [0.05, 0.1) is 5.69 Å². The molecule has 110 valence electrons. The molecule has 0 spiro atoms. The normalized spacial score (nSPS) is 15.7. The van der Waals surface area contributed by atoms with Crippen LogP contribution in [0.5, 0.6) is 0 Å². The first-order valence-corrected chi connectivity index (χ1v) is 6.95. The summed E-state index contributed by atoms with van der Waals surface area (Å²) < 4.78 is 1.53. The van der Waals surface area contributed by atoms with Crippen molar-refractivity contribution in [1.29, 1.82) is 0 Å². The molecule has 3 rings (SSSR count). The van der Waals surface area contributed by atoms with E-state index in [9.17, 15) is 4.79 Å². The first kappa shape index (κ1) is 13.7. The van der Waals surface area contributed by atoms with Crippen LogP contribution in [0.1, 0.15) is 29.6 Å². The van der Waals surface area contributed by atoms with Gasteiger partial charge in [0.2, 0.25) is 0 Å². The van der Waals surface area contributed by atoms with Gasteiger partial charge in [0, 0.05) is 18.7 Å². The number of aliphatic hydroxyl groups excluding tert-OH is 1. The van der Waals surface area contributed by atoms with Crippen LogP contribution in [0.2, 0.25) is 0 Å². The Morgan fingerprint density at radius 3 is 2.67 bits per heavy atom. The van der Waals surface area contributed by atoms with E-state index in [1.807, 2.05) is 0 Å². The van der Waals surface area contributed by atoms with E-state index in [1.54, 1.807) is 24.3 Å². The van der Waals surface area contributed by atoms with Crippen molar-refractivity contribution < 1.29 is 9.90 Å². The quantitative estimate of drug-likeness (QED) is 0.809. The number of nitrogens with zero attached hydrogens (tertiary/aromatic N) is 4. The van der Waals surface area contributed by atoms with Crippen molar-refractivity contribution in [3.63, 3.8) is 0 Å². The van der Waals surface area contributed by atoms with Crippen molar-refractivity contribution in [2.75, 3.05) is 13.2 Å². The molecular formula is C14H17N5O2. The van der Waals surface area contributed by atoms with E-state index >= 15 is 0 Å². The summed E-state index contributed by atoms with van der Waals surface area (Å²) in [6.07, 6.45) is 4.41. The van der Waals surface area contributed by atoms with E-state index in [2.05, 4.69) is 20.8 Å². The third kappa shape index (κ3) is 3.08. The Balaban J connectivity index is 1.60. The molecule has 2 N–H and O–H groups in total. The van der Waals surface area contributed by atoms with Crippen molar-refractivity contribution in [2.45, 2.75) is 19.3 Å². The first-order valence-electron chi connectivity index (χ1n) is 6.95. The molecule has 1 aliphatic carbocycles. The van der Waals surface area contributed by atoms with Crippen molar-refractivity contribution in [1.82, 2.24) is 25.5 Å². The summed E-state index contributed by atoms with van der Waals surface area (Å²) in [5, 5.41) is 22.9. The van der Waals surface area contributed by atoms with Crippen LogP contribution >= 0.6 is 0 Å². The van der Waals surface area contributed by atoms with Crippen LogP contribution in [0.15, 0.2) is 30.6 Å². The van der Waals surface area contributed by atoms with Gasteiger partial charge < -0.3 is 10.4 Å². The number of aliphatic hydroxyl groups is 1. The molecule has 1 aromatic carbocycles. The largest absolute Gasteiger partial charge is 0.396 e. The maximum atomic E-state index is 12.1. The number of rotatable bonds is 6. The summed E-state index contributed by atoms with van der Waals surface area (Å²) in [5.41, 5.74) is 1.53. The number of benzene rings is 1. The average Bonchev–Trinajstić information content (AvgIpc) is 3.06. The topological polar surface area (TPSA) is 92.9 Å². The molecule has 0 bridgehead atoms. The van der Waals surface area contributed by atoms with Crippen LogP contribution in [0, 0.1) is 5.41 Å². The van der Waals surface area contributed by atoms with Crippen LogP contribution in [-0.2, 0) is 0 Å². The summed E-state index contributed by atoms with van der Waals surface area (Å²) in [6.45, 7) is 0.803. The molecule has 1 aromatic heterocycles. The summed E-state index contributed by atoms with van der Waals surface area (Å²) in [5.74, 6) is -0.0949. The van der Waals surface area contributed by atoms with Crippen molar-refractivity contribution in [3.05, 3.63) is 36.2 Å². The van der Waals surface area contributed by atoms with Gasteiger partial charge in [0.15, 0.2) is 0 Å². The smallest absolute Gasteiger partial charge is 0.251 e. The summed E-state index contributed by atoms with van der Waals surface area (Å²) in [6, 6.07) is 7.09. The summed E-state index contributed by atoms with van der Waals surface area (Å²) in [4.78, 5) is 12.1. The molecule has 1 saturated carbocycles. The van der Waals surface area contributed by atoms with Gasteiger partial charge in [-0.1, -0.05) is 0 Å². The average molecular weight is 287 g/mol. The number of carbonyl (C=O) groups is 1. The van der Waals surface area contributed by atoms with Crippen molar-refractivity contribution in [3.8, 4) is 5.69 Å². The van der Waals surface area contributed by atoms with Gasteiger partial charge in [-0.3, -0.25) is 4.79 Å². The van der Waals surface area contributed by atoms with E-state index in [4.69, 9.17) is 5.11 Å². The number of nitrogens with one attached hydrogen (secondary N) is 1. The third-order valence-electron chi connectivity index (χ3n) is 3.97. The Morgan fingerprint density at radius 1 is 1.33 bits per heavy atom. The second kappa shape index (κ2) is 5.61. The minimum Gasteiger partial charge on any atom is -0.396 e. The van der Waals surface area contributed by atoms with E-state index < -0.39 is 0 Å². The van der Waals surface area contributed by atoms with Gasteiger partial charge >= 0.3 is 0 Å². The standard InChI is InChI=1S/C14H17N5O2/c20-8-7-14(5-6-14)9-15-13(21)11-1-3-12(4-2-11)19-10-16-17-18-19/h1-4,10,20H,5-9H2,(H,15,21). The Kier molecular flexibility index (Phi) is 3.66. The second-order valence-corrected chi connectivity index (χ2v) is 5.46. The molecule has 0 saturated heterocycles. The third-order valence-corrected chi connectivity index (χ3v) is 3.97. The van der Waals surface area contributed by atoms with Gasteiger partial charge in [-0.15, -0.1) is 5.10 Å². The van der Waals surface area contributed by atoms with Gasteiger partial charge in [0.25, 0.3) is 5.91 Å². The molecule has 1 fully saturated rings. The van der Waals surface area contributed by atoms with E-state index in [0.29, 0.717) is 12.1 Å².